The molecule has 108 valence electrons. The van der Waals surface area contributed by atoms with Gasteiger partial charge in [-0.2, -0.15) is 0 Å². The van der Waals surface area contributed by atoms with Gasteiger partial charge >= 0.3 is 0 Å². The maximum atomic E-state index is 13.4. The summed E-state index contributed by atoms with van der Waals surface area (Å²) in [7, 11) is 1.89. The van der Waals surface area contributed by atoms with Crippen LogP contribution in [-0.4, -0.2) is 7.05 Å². The van der Waals surface area contributed by atoms with E-state index in [1.165, 1.54) is 12.1 Å². The lowest BCUT2D eigenvalue weighted by Gasteiger charge is -2.18. The average molecular weight is 296 g/mol. The molecule has 2 aromatic rings. The summed E-state index contributed by atoms with van der Waals surface area (Å²) in [5, 5.41) is 3.85. The Morgan fingerprint density at radius 1 is 1.25 bits per heavy atom. The highest BCUT2D eigenvalue weighted by atomic mass is 35.5. The molecule has 0 aliphatic carbocycles. The van der Waals surface area contributed by atoms with Crippen LogP contribution in [-0.2, 0) is 6.42 Å². The fraction of sp³-hybridized carbons (Fsp3) is 0.375. The van der Waals surface area contributed by atoms with Gasteiger partial charge in [-0.05, 0) is 63.6 Å². The van der Waals surface area contributed by atoms with Crippen LogP contribution in [0.2, 0.25) is 5.02 Å². The lowest BCUT2D eigenvalue weighted by molar-refractivity contribution is 0.489. The Labute approximate surface area is 123 Å². The molecule has 1 atom stereocenters. The maximum absolute atomic E-state index is 13.4. The Morgan fingerprint density at radius 2 is 1.95 bits per heavy atom. The van der Waals surface area contributed by atoms with Crippen molar-refractivity contribution in [1.82, 2.24) is 5.32 Å². The predicted octanol–water partition coefficient (Wildman–Crippen LogP) is 4.50. The third-order valence-corrected chi connectivity index (χ3v) is 4.12. The zero-order valence-electron chi connectivity index (χ0n) is 12.2. The molecule has 0 aliphatic rings. The summed E-state index contributed by atoms with van der Waals surface area (Å²) in [5.74, 6) is 1.55. The van der Waals surface area contributed by atoms with E-state index in [4.69, 9.17) is 16.0 Å². The first-order chi connectivity index (χ1) is 9.43. The van der Waals surface area contributed by atoms with Gasteiger partial charge in [0.05, 0.1) is 0 Å². The lowest BCUT2D eigenvalue weighted by Crippen LogP contribution is -2.20. The second-order valence-corrected chi connectivity index (χ2v) is 5.44. The van der Waals surface area contributed by atoms with Gasteiger partial charge in [0.15, 0.2) is 0 Å². The van der Waals surface area contributed by atoms with Crippen LogP contribution in [0.25, 0.3) is 0 Å². The topological polar surface area (TPSA) is 25.2 Å². The molecule has 2 nitrogen and oxygen atoms in total. The summed E-state index contributed by atoms with van der Waals surface area (Å²) in [4.78, 5) is 0. The van der Waals surface area contributed by atoms with Gasteiger partial charge in [0.25, 0.3) is 0 Å². The van der Waals surface area contributed by atoms with Crippen LogP contribution in [0.4, 0.5) is 4.39 Å². The fourth-order valence-electron chi connectivity index (χ4n) is 2.59. The number of rotatable bonds is 4. The molecule has 1 unspecified atom stereocenters. The van der Waals surface area contributed by atoms with E-state index < -0.39 is 0 Å². The highest BCUT2D eigenvalue weighted by molar-refractivity contribution is 6.31. The molecule has 1 aromatic carbocycles. The first-order valence-corrected chi connectivity index (χ1v) is 6.99. The van der Waals surface area contributed by atoms with Crippen molar-refractivity contribution in [2.45, 2.75) is 33.2 Å². The molecule has 1 heterocycles. The molecule has 2 rings (SSSR count). The molecule has 1 N–H and O–H groups in total. The van der Waals surface area contributed by atoms with Crippen LogP contribution in [0.5, 0.6) is 0 Å². The first kappa shape index (κ1) is 15.1. The van der Waals surface area contributed by atoms with Gasteiger partial charge in [-0.1, -0.05) is 11.6 Å². The molecule has 0 fully saturated rings. The van der Waals surface area contributed by atoms with Crippen molar-refractivity contribution in [3.63, 3.8) is 0 Å². The van der Waals surface area contributed by atoms with E-state index in [0.29, 0.717) is 11.4 Å². The molecule has 0 saturated carbocycles. The van der Waals surface area contributed by atoms with Crippen LogP contribution in [0.1, 0.15) is 34.3 Å². The molecule has 0 spiro atoms. The quantitative estimate of drug-likeness (QED) is 0.898. The largest absolute Gasteiger partial charge is 0.466 e. The van der Waals surface area contributed by atoms with Gasteiger partial charge in [-0.15, -0.1) is 0 Å². The number of benzene rings is 1. The Bertz CT molecular complexity index is 621. The number of likely N-dealkylation sites (N-methyl/N-ethyl adjacent to an activating group) is 1. The van der Waals surface area contributed by atoms with Gasteiger partial charge in [0.2, 0.25) is 0 Å². The van der Waals surface area contributed by atoms with E-state index in [9.17, 15) is 4.39 Å². The zero-order chi connectivity index (χ0) is 14.9. The van der Waals surface area contributed by atoms with Crippen LogP contribution in [0.15, 0.2) is 22.6 Å². The number of hydrogen-bond acceptors (Lipinski definition) is 2. The normalized spacial score (nSPS) is 12.7. The Kier molecular flexibility index (Phi) is 4.51. The van der Waals surface area contributed by atoms with E-state index in [0.717, 1.165) is 28.2 Å². The summed E-state index contributed by atoms with van der Waals surface area (Å²) in [6.07, 6.45) is 0.619. The SMILES string of the molecule is CNC(Cc1cc(F)ccc1Cl)c1c(C)oc(C)c1C. The molecule has 0 radical (unpaired) electrons. The van der Waals surface area contributed by atoms with E-state index in [-0.39, 0.29) is 11.9 Å². The number of aryl methyl sites for hydroxylation is 2. The van der Waals surface area contributed by atoms with Gasteiger partial charge in [0.1, 0.15) is 17.3 Å². The van der Waals surface area contributed by atoms with E-state index in [2.05, 4.69) is 5.32 Å². The second kappa shape index (κ2) is 5.98. The number of furan rings is 1. The highest BCUT2D eigenvalue weighted by Gasteiger charge is 2.21. The van der Waals surface area contributed by atoms with Crippen molar-refractivity contribution in [1.29, 1.82) is 0 Å². The minimum atomic E-state index is -0.268. The van der Waals surface area contributed by atoms with Crippen molar-refractivity contribution < 1.29 is 8.81 Å². The minimum Gasteiger partial charge on any atom is -0.466 e. The van der Waals surface area contributed by atoms with Crippen LogP contribution in [0, 0.1) is 26.6 Å². The molecule has 0 bridgehead atoms. The summed E-state index contributed by atoms with van der Waals surface area (Å²) >= 11 is 6.15. The van der Waals surface area contributed by atoms with Crippen LogP contribution in [0.3, 0.4) is 0 Å². The smallest absolute Gasteiger partial charge is 0.123 e. The number of hydrogen-bond donors (Lipinski definition) is 1. The van der Waals surface area contributed by atoms with E-state index in [1.54, 1.807) is 6.07 Å². The standard InChI is InChI=1S/C16H19ClFNO/c1-9-10(2)20-11(3)16(9)15(19-4)8-12-7-13(18)5-6-14(12)17/h5-7,15,19H,8H2,1-4H3. The van der Waals surface area contributed by atoms with Gasteiger partial charge in [-0.25, -0.2) is 4.39 Å². The third kappa shape index (κ3) is 2.89. The number of halogens is 2. The summed E-state index contributed by atoms with van der Waals surface area (Å²) in [5.41, 5.74) is 3.06. The second-order valence-electron chi connectivity index (χ2n) is 5.03. The van der Waals surface area contributed by atoms with Crippen LogP contribution >= 0.6 is 11.6 Å². The van der Waals surface area contributed by atoms with Gasteiger partial charge in [-0.3, -0.25) is 0 Å². The van der Waals surface area contributed by atoms with Crippen molar-refractivity contribution in [2.24, 2.45) is 0 Å². The van der Waals surface area contributed by atoms with Crippen molar-refractivity contribution in [3.8, 4) is 0 Å². The molecular formula is C16H19ClFNO. The lowest BCUT2D eigenvalue weighted by atomic mass is 9.96. The van der Waals surface area contributed by atoms with Crippen LogP contribution < -0.4 is 5.32 Å². The average Bonchev–Trinajstić information content (AvgIpc) is 2.65. The molecule has 0 aliphatic heterocycles. The minimum absolute atomic E-state index is 0.0479. The van der Waals surface area contributed by atoms with Crippen molar-refractivity contribution >= 4 is 11.6 Å². The zero-order valence-corrected chi connectivity index (χ0v) is 12.9. The molecular weight excluding hydrogens is 277 g/mol. The Balaban J connectivity index is 2.36. The van der Waals surface area contributed by atoms with Gasteiger partial charge < -0.3 is 9.73 Å². The maximum Gasteiger partial charge on any atom is 0.123 e. The summed E-state index contributed by atoms with van der Waals surface area (Å²) < 4.78 is 19.0. The third-order valence-electron chi connectivity index (χ3n) is 3.75. The predicted molar refractivity (Wildman–Crippen MR) is 79.8 cm³/mol. The molecule has 20 heavy (non-hydrogen) atoms. The number of nitrogens with one attached hydrogen (secondary N) is 1. The van der Waals surface area contributed by atoms with E-state index in [1.807, 2.05) is 27.8 Å². The first-order valence-electron chi connectivity index (χ1n) is 6.61. The monoisotopic (exact) mass is 295 g/mol. The van der Waals surface area contributed by atoms with Gasteiger partial charge in [0, 0.05) is 16.6 Å². The molecule has 0 amide bonds. The van der Waals surface area contributed by atoms with E-state index >= 15 is 0 Å². The van der Waals surface area contributed by atoms with Crippen molar-refractivity contribution in [3.05, 3.63) is 57.2 Å². The molecule has 1 aromatic heterocycles. The molecule has 4 heteroatoms. The Morgan fingerprint density at radius 3 is 2.50 bits per heavy atom. The Hall–Kier alpha value is -1.32. The highest BCUT2D eigenvalue weighted by Crippen LogP contribution is 2.31. The molecule has 0 saturated heterocycles. The van der Waals surface area contributed by atoms with Crippen molar-refractivity contribution in [2.75, 3.05) is 7.05 Å². The fourth-order valence-corrected chi connectivity index (χ4v) is 2.78. The summed E-state index contributed by atoms with van der Waals surface area (Å²) in [6, 6.07) is 4.51. The summed E-state index contributed by atoms with van der Waals surface area (Å²) in [6.45, 7) is 5.94.